The van der Waals surface area contributed by atoms with E-state index in [0.29, 0.717) is 12.1 Å². The fraction of sp³-hybridized carbons (Fsp3) is 0.182. The van der Waals surface area contributed by atoms with E-state index < -0.39 is 18.0 Å². The van der Waals surface area contributed by atoms with Crippen LogP contribution >= 0.6 is 12.8 Å². The molecule has 0 aromatic heterocycles. The molecule has 1 aromatic carbocycles. The summed E-state index contributed by atoms with van der Waals surface area (Å²) in [5.41, 5.74) is 0.381. The molecule has 5 nitrogen and oxygen atoms in total. The van der Waals surface area contributed by atoms with E-state index in [2.05, 4.69) is 12.8 Å². The van der Waals surface area contributed by atoms with Gasteiger partial charge in [0.1, 0.15) is 6.04 Å². The highest BCUT2D eigenvalue weighted by molar-refractivity contribution is 7.79. The lowest BCUT2D eigenvalue weighted by Gasteiger charge is -2.14. The van der Waals surface area contributed by atoms with E-state index >= 15 is 0 Å². The van der Waals surface area contributed by atoms with Gasteiger partial charge in [0.15, 0.2) is 0 Å². The molecule has 1 aromatic rings. The Balaban J connectivity index is 2.06. The van der Waals surface area contributed by atoms with E-state index in [1.54, 1.807) is 30.3 Å². The van der Waals surface area contributed by atoms with Gasteiger partial charge in [-0.25, -0.2) is 9.10 Å². The zero-order valence-corrected chi connectivity index (χ0v) is 9.67. The second kappa shape index (κ2) is 4.47. The van der Waals surface area contributed by atoms with E-state index in [1.807, 2.05) is 6.07 Å². The number of rotatable bonds is 1. The van der Waals surface area contributed by atoms with Crippen LogP contribution in [0.2, 0.25) is 0 Å². The van der Waals surface area contributed by atoms with Crippen molar-refractivity contribution < 1.29 is 9.59 Å². The van der Waals surface area contributed by atoms with Crippen molar-refractivity contribution in [3.8, 4) is 6.07 Å². The fourth-order valence-corrected chi connectivity index (χ4v) is 1.60. The van der Waals surface area contributed by atoms with Crippen molar-refractivity contribution in [2.24, 2.45) is 0 Å². The highest BCUT2D eigenvalue weighted by Gasteiger charge is 2.42. The van der Waals surface area contributed by atoms with E-state index in [-0.39, 0.29) is 0 Å². The molecule has 1 aliphatic heterocycles. The Morgan fingerprint density at radius 3 is 2.59 bits per heavy atom. The van der Waals surface area contributed by atoms with Crippen LogP contribution in [0.4, 0.5) is 4.79 Å². The average Bonchev–Trinajstić information content (AvgIpc) is 3.16. The van der Waals surface area contributed by atoms with Gasteiger partial charge in [-0.05, 0) is 12.1 Å². The van der Waals surface area contributed by atoms with Crippen LogP contribution < -0.4 is 0 Å². The van der Waals surface area contributed by atoms with Gasteiger partial charge in [-0.2, -0.15) is 5.26 Å². The molecule has 1 heterocycles. The Morgan fingerprint density at radius 1 is 1.41 bits per heavy atom. The first kappa shape index (κ1) is 11.5. The van der Waals surface area contributed by atoms with Gasteiger partial charge in [0.05, 0.1) is 12.6 Å². The quantitative estimate of drug-likeness (QED) is 0.601. The monoisotopic (exact) mass is 247 g/mol. The molecule has 6 heteroatoms. The summed E-state index contributed by atoms with van der Waals surface area (Å²) in [7, 11) is 0. The van der Waals surface area contributed by atoms with Gasteiger partial charge in [0, 0.05) is 5.56 Å². The third kappa shape index (κ3) is 2.24. The number of nitriles is 1. The summed E-state index contributed by atoms with van der Waals surface area (Å²) in [5.74, 6) is -0.498. The molecule has 1 fully saturated rings. The molecule has 1 aliphatic rings. The minimum atomic E-state index is -0.561. The largest absolute Gasteiger partial charge is 0.338 e. The van der Waals surface area contributed by atoms with Crippen LogP contribution in [-0.2, 0) is 0 Å². The molecule has 1 saturated heterocycles. The van der Waals surface area contributed by atoms with Crippen LogP contribution in [0.15, 0.2) is 30.3 Å². The lowest BCUT2D eigenvalue weighted by atomic mass is 10.2. The molecule has 0 spiro atoms. The van der Waals surface area contributed by atoms with Gasteiger partial charge in [-0.15, -0.1) is 0 Å². The molecule has 1 unspecified atom stereocenters. The number of amides is 3. The summed E-state index contributed by atoms with van der Waals surface area (Å²) in [6.07, 6.45) is 0. The van der Waals surface area contributed by atoms with Gasteiger partial charge in [0.2, 0.25) is 0 Å². The first-order chi connectivity index (χ1) is 8.15. The Bertz CT molecular complexity index is 497. The number of imide groups is 1. The Labute approximate surface area is 104 Å². The summed E-state index contributed by atoms with van der Waals surface area (Å²) < 4.78 is 0.729. The van der Waals surface area contributed by atoms with Crippen LogP contribution in [0.25, 0.3) is 0 Å². The summed E-state index contributed by atoms with van der Waals surface area (Å²) >= 11 is 3.87. The molecule has 0 radical (unpaired) electrons. The van der Waals surface area contributed by atoms with Crippen LogP contribution in [0.5, 0.6) is 0 Å². The normalized spacial score (nSPS) is 17.2. The fourth-order valence-electron chi connectivity index (χ4n) is 1.37. The zero-order valence-electron chi connectivity index (χ0n) is 8.78. The number of hydrogen-bond donors (Lipinski definition) is 1. The maximum Gasteiger partial charge on any atom is 0.338 e. The molecular weight excluding hydrogens is 238 g/mol. The SMILES string of the molecule is N#CC1CN1C(=O)N(S)C(=O)c1ccccc1. The van der Waals surface area contributed by atoms with Crippen LogP contribution in [0.3, 0.4) is 0 Å². The molecule has 0 aliphatic carbocycles. The van der Waals surface area contributed by atoms with E-state index in [1.165, 1.54) is 4.90 Å². The van der Waals surface area contributed by atoms with Gasteiger partial charge < -0.3 is 4.90 Å². The maximum atomic E-state index is 11.8. The smallest absolute Gasteiger partial charge is 0.303 e. The summed E-state index contributed by atoms with van der Waals surface area (Å²) in [5, 5.41) is 8.59. The van der Waals surface area contributed by atoms with Crippen molar-refractivity contribution in [2.75, 3.05) is 6.54 Å². The number of urea groups is 1. The number of thiol groups is 1. The van der Waals surface area contributed by atoms with Crippen LogP contribution in [-0.4, -0.2) is 33.7 Å². The number of hydrogen-bond acceptors (Lipinski definition) is 4. The molecule has 2 rings (SSSR count). The molecule has 3 amide bonds. The zero-order chi connectivity index (χ0) is 12.4. The standard InChI is InChI=1S/C11H9N3O2S/c12-6-9-7-13(9)11(16)14(17)10(15)8-4-2-1-3-5-8/h1-5,9,17H,7H2. The minimum Gasteiger partial charge on any atom is -0.303 e. The van der Waals surface area contributed by atoms with Gasteiger partial charge in [-0.3, -0.25) is 4.79 Å². The first-order valence-corrected chi connectivity index (χ1v) is 5.33. The molecule has 1 atom stereocenters. The van der Waals surface area contributed by atoms with Crippen LogP contribution in [0, 0.1) is 11.3 Å². The molecule has 0 N–H and O–H groups in total. The van der Waals surface area contributed by atoms with Crippen molar-refractivity contribution in [3.63, 3.8) is 0 Å². The van der Waals surface area contributed by atoms with Gasteiger partial charge in [0.25, 0.3) is 5.91 Å². The predicted octanol–water partition coefficient (Wildman–Crippen LogP) is 1.30. The lowest BCUT2D eigenvalue weighted by molar-refractivity contribution is 0.0888. The highest BCUT2D eigenvalue weighted by Crippen LogP contribution is 2.21. The lowest BCUT2D eigenvalue weighted by Crippen LogP contribution is -2.33. The number of carbonyl (C=O) groups is 2. The summed E-state index contributed by atoms with van der Waals surface area (Å²) in [6.45, 7) is 0.356. The van der Waals surface area contributed by atoms with Crippen molar-refractivity contribution in [2.45, 2.75) is 6.04 Å². The Kier molecular flexibility index (Phi) is 3.02. The Morgan fingerprint density at radius 2 is 2.06 bits per heavy atom. The molecular formula is C11H9N3O2S. The van der Waals surface area contributed by atoms with Crippen LogP contribution in [0.1, 0.15) is 10.4 Å². The summed E-state index contributed by atoms with van der Waals surface area (Å²) in [6, 6.07) is 9.33. The van der Waals surface area contributed by atoms with Crippen molar-refractivity contribution in [1.29, 1.82) is 5.26 Å². The number of benzene rings is 1. The van der Waals surface area contributed by atoms with Crippen molar-refractivity contribution >= 4 is 24.8 Å². The summed E-state index contributed by atoms with van der Waals surface area (Å²) in [4.78, 5) is 24.8. The third-order valence-electron chi connectivity index (χ3n) is 2.40. The number of nitrogens with zero attached hydrogens (tertiary/aromatic N) is 3. The number of carbonyl (C=O) groups excluding carboxylic acids is 2. The molecule has 0 saturated carbocycles. The van der Waals surface area contributed by atoms with Crippen molar-refractivity contribution in [1.82, 2.24) is 9.21 Å². The Hall–Kier alpha value is -2.00. The maximum absolute atomic E-state index is 11.8. The van der Waals surface area contributed by atoms with E-state index in [0.717, 1.165) is 4.31 Å². The molecule has 0 bridgehead atoms. The second-order valence-corrected chi connectivity index (χ2v) is 3.96. The second-order valence-electron chi connectivity index (χ2n) is 3.56. The minimum absolute atomic E-state index is 0.356. The highest BCUT2D eigenvalue weighted by atomic mass is 32.1. The van der Waals surface area contributed by atoms with Crippen molar-refractivity contribution in [3.05, 3.63) is 35.9 Å². The first-order valence-electron chi connectivity index (χ1n) is 4.93. The van der Waals surface area contributed by atoms with Gasteiger partial charge in [-0.1, -0.05) is 31.0 Å². The third-order valence-corrected chi connectivity index (χ3v) is 2.75. The molecule has 86 valence electrons. The van der Waals surface area contributed by atoms with Gasteiger partial charge >= 0.3 is 6.03 Å². The van der Waals surface area contributed by atoms with E-state index in [4.69, 9.17) is 5.26 Å². The van der Waals surface area contributed by atoms with E-state index in [9.17, 15) is 9.59 Å². The molecule has 17 heavy (non-hydrogen) atoms. The predicted molar refractivity (Wildman–Crippen MR) is 63.1 cm³/mol. The average molecular weight is 247 g/mol. The topological polar surface area (TPSA) is 64.2 Å².